The van der Waals surface area contributed by atoms with Crippen molar-refractivity contribution in [2.24, 2.45) is 0 Å². The Bertz CT molecular complexity index is 321. The first kappa shape index (κ1) is 9.57. The summed E-state index contributed by atoms with van der Waals surface area (Å²) in [6, 6.07) is 0. The molecule has 0 aliphatic rings. The fourth-order valence-corrected chi connectivity index (χ4v) is 0.826. The van der Waals surface area contributed by atoms with Gasteiger partial charge in [0, 0.05) is 0 Å². The van der Waals surface area contributed by atoms with Crippen LogP contribution in [0.1, 0.15) is 19.8 Å². The summed E-state index contributed by atoms with van der Waals surface area (Å²) in [5, 5.41) is 9.13. The Morgan fingerprint density at radius 3 is 3.08 bits per heavy atom. The van der Waals surface area contributed by atoms with Crippen LogP contribution in [0.5, 0.6) is 11.6 Å². The van der Waals surface area contributed by atoms with Gasteiger partial charge < -0.3 is 14.8 Å². The Kier molecular flexibility index (Phi) is 3.31. The van der Waals surface area contributed by atoms with Crippen LogP contribution in [0.15, 0.2) is 11.1 Å². The van der Waals surface area contributed by atoms with E-state index < -0.39 is 5.56 Å². The summed E-state index contributed by atoms with van der Waals surface area (Å²) in [6.45, 7) is 2.43. The molecule has 0 aromatic carbocycles. The minimum Gasteiger partial charge on any atom is -0.490 e. The fraction of sp³-hybridized carbons (Fsp3) is 0.500. The van der Waals surface area contributed by atoms with Gasteiger partial charge in [-0.3, -0.25) is 4.79 Å². The number of nitrogens with one attached hydrogen (secondary N) is 1. The second-order valence-electron chi connectivity index (χ2n) is 2.59. The number of ether oxygens (including phenoxy) is 1. The maximum absolute atomic E-state index is 11.1. The molecule has 0 fully saturated rings. The molecule has 0 saturated carbocycles. The maximum atomic E-state index is 11.1. The molecule has 0 atom stereocenters. The van der Waals surface area contributed by atoms with Gasteiger partial charge in [0.2, 0.25) is 5.75 Å². The van der Waals surface area contributed by atoms with Gasteiger partial charge in [-0.25, -0.2) is 4.98 Å². The Labute approximate surface area is 75.4 Å². The lowest BCUT2D eigenvalue weighted by atomic mass is 10.4. The third kappa shape index (κ3) is 2.47. The highest BCUT2D eigenvalue weighted by Gasteiger charge is 2.07. The SMILES string of the molecule is CCCCOc1c(O)nc[nH]c1=O. The number of hydrogen-bond acceptors (Lipinski definition) is 4. The minimum absolute atomic E-state index is 0.101. The van der Waals surface area contributed by atoms with E-state index in [2.05, 4.69) is 9.97 Å². The zero-order valence-corrected chi connectivity index (χ0v) is 7.41. The van der Waals surface area contributed by atoms with Crippen molar-refractivity contribution < 1.29 is 9.84 Å². The van der Waals surface area contributed by atoms with Crippen LogP contribution in [-0.2, 0) is 0 Å². The smallest absolute Gasteiger partial charge is 0.297 e. The van der Waals surface area contributed by atoms with E-state index >= 15 is 0 Å². The molecule has 72 valence electrons. The summed E-state index contributed by atoms with van der Waals surface area (Å²) in [7, 11) is 0. The first-order valence-electron chi connectivity index (χ1n) is 4.15. The molecule has 2 N–H and O–H groups in total. The van der Waals surface area contributed by atoms with Crippen LogP contribution < -0.4 is 10.3 Å². The van der Waals surface area contributed by atoms with E-state index in [0.29, 0.717) is 6.61 Å². The van der Waals surface area contributed by atoms with Gasteiger partial charge >= 0.3 is 0 Å². The van der Waals surface area contributed by atoms with Gasteiger partial charge in [0.25, 0.3) is 11.4 Å². The standard InChI is InChI=1S/C8H12N2O3/c1-2-3-4-13-6-7(11)9-5-10-8(6)12/h5H,2-4H2,1H3,(H2,9,10,11,12). The van der Waals surface area contributed by atoms with Gasteiger partial charge in [0.15, 0.2) is 0 Å². The van der Waals surface area contributed by atoms with Gasteiger partial charge in [0.1, 0.15) is 0 Å². The summed E-state index contributed by atoms with van der Waals surface area (Å²) in [5.41, 5.74) is -0.455. The van der Waals surface area contributed by atoms with E-state index in [-0.39, 0.29) is 11.6 Å². The van der Waals surface area contributed by atoms with Gasteiger partial charge in [-0.15, -0.1) is 0 Å². The first-order chi connectivity index (χ1) is 6.25. The van der Waals surface area contributed by atoms with E-state index in [1.807, 2.05) is 6.92 Å². The number of H-pyrrole nitrogens is 1. The Hall–Kier alpha value is -1.52. The molecule has 0 amide bonds. The van der Waals surface area contributed by atoms with Crippen molar-refractivity contribution in [1.29, 1.82) is 0 Å². The van der Waals surface area contributed by atoms with Gasteiger partial charge in [-0.2, -0.15) is 0 Å². The van der Waals surface area contributed by atoms with Crippen LogP contribution >= 0.6 is 0 Å². The molecule has 5 heteroatoms. The van der Waals surface area contributed by atoms with Crippen molar-refractivity contribution in [2.75, 3.05) is 6.61 Å². The Morgan fingerprint density at radius 1 is 1.69 bits per heavy atom. The molecule has 1 heterocycles. The first-order valence-corrected chi connectivity index (χ1v) is 4.15. The molecule has 0 bridgehead atoms. The number of aromatic hydroxyl groups is 1. The predicted molar refractivity (Wildman–Crippen MR) is 46.9 cm³/mol. The van der Waals surface area contributed by atoms with Crippen molar-refractivity contribution in [3.63, 3.8) is 0 Å². The zero-order chi connectivity index (χ0) is 9.68. The van der Waals surface area contributed by atoms with Crippen LogP contribution in [0.3, 0.4) is 0 Å². The number of unbranched alkanes of at least 4 members (excludes halogenated alkanes) is 1. The molecule has 0 aliphatic heterocycles. The lowest BCUT2D eigenvalue weighted by Gasteiger charge is -2.03. The lowest BCUT2D eigenvalue weighted by Crippen LogP contribution is -2.12. The summed E-state index contributed by atoms with van der Waals surface area (Å²) in [6.07, 6.45) is 2.94. The molecule has 5 nitrogen and oxygen atoms in total. The summed E-state index contributed by atoms with van der Waals surface area (Å²) < 4.78 is 5.05. The van der Waals surface area contributed by atoms with Crippen LogP contribution in [0.25, 0.3) is 0 Å². The Morgan fingerprint density at radius 2 is 2.46 bits per heavy atom. The number of nitrogens with zero attached hydrogens (tertiary/aromatic N) is 1. The third-order valence-corrected chi connectivity index (χ3v) is 1.54. The highest BCUT2D eigenvalue weighted by molar-refractivity contribution is 5.27. The summed E-state index contributed by atoms with van der Waals surface area (Å²) in [4.78, 5) is 16.9. The molecule has 13 heavy (non-hydrogen) atoms. The largest absolute Gasteiger partial charge is 0.490 e. The highest BCUT2D eigenvalue weighted by atomic mass is 16.5. The van der Waals surface area contributed by atoms with Crippen LogP contribution in [0.4, 0.5) is 0 Å². The quantitative estimate of drug-likeness (QED) is 0.674. The molecule has 0 spiro atoms. The zero-order valence-electron chi connectivity index (χ0n) is 7.41. The van der Waals surface area contributed by atoms with Crippen molar-refractivity contribution >= 4 is 0 Å². The molecule has 0 saturated heterocycles. The molecule has 0 radical (unpaired) electrons. The molecule has 1 aromatic rings. The lowest BCUT2D eigenvalue weighted by molar-refractivity contribution is 0.283. The van der Waals surface area contributed by atoms with Crippen LogP contribution in [-0.4, -0.2) is 21.7 Å². The molecular formula is C8H12N2O3. The third-order valence-electron chi connectivity index (χ3n) is 1.54. The van der Waals surface area contributed by atoms with Crippen molar-refractivity contribution in [2.45, 2.75) is 19.8 Å². The van der Waals surface area contributed by atoms with Crippen LogP contribution in [0.2, 0.25) is 0 Å². The fourth-order valence-electron chi connectivity index (χ4n) is 0.826. The maximum Gasteiger partial charge on any atom is 0.297 e. The average Bonchev–Trinajstić information content (AvgIpc) is 2.10. The van der Waals surface area contributed by atoms with Crippen molar-refractivity contribution in [3.05, 3.63) is 16.7 Å². The highest BCUT2D eigenvalue weighted by Crippen LogP contribution is 2.15. The van der Waals surface area contributed by atoms with E-state index in [1.165, 1.54) is 0 Å². The van der Waals surface area contributed by atoms with Gasteiger partial charge in [-0.05, 0) is 6.42 Å². The number of aromatic amines is 1. The van der Waals surface area contributed by atoms with E-state index in [0.717, 1.165) is 19.2 Å². The number of hydrogen-bond donors (Lipinski definition) is 2. The topological polar surface area (TPSA) is 75.2 Å². The Balaban J connectivity index is 2.70. The monoisotopic (exact) mass is 184 g/mol. The average molecular weight is 184 g/mol. The molecule has 1 rings (SSSR count). The van der Waals surface area contributed by atoms with E-state index in [1.54, 1.807) is 0 Å². The van der Waals surface area contributed by atoms with E-state index in [4.69, 9.17) is 9.84 Å². The van der Waals surface area contributed by atoms with Crippen molar-refractivity contribution in [3.8, 4) is 11.6 Å². The molecule has 1 aromatic heterocycles. The minimum atomic E-state index is -0.455. The number of rotatable bonds is 4. The second kappa shape index (κ2) is 4.49. The molecule has 0 unspecified atom stereocenters. The molecule has 0 aliphatic carbocycles. The molecular weight excluding hydrogens is 172 g/mol. The predicted octanol–water partition coefficient (Wildman–Crippen LogP) is 0.654. The van der Waals surface area contributed by atoms with Crippen molar-refractivity contribution in [1.82, 2.24) is 9.97 Å². The normalized spacial score (nSPS) is 9.92. The second-order valence-corrected chi connectivity index (χ2v) is 2.59. The van der Waals surface area contributed by atoms with Crippen LogP contribution in [0, 0.1) is 0 Å². The van der Waals surface area contributed by atoms with E-state index in [9.17, 15) is 4.79 Å². The van der Waals surface area contributed by atoms with Gasteiger partial charge in [-0.1, -0.05) is 13.3 Å². The summed E-state index contributed by atoms with van der Waals surface area (Å²) in [5.74, 6) is -0.462. The number of aromatic nitrogens is 2. The van der Waals surface area contributed by atoms with Gasteiger partial charge in [0.05, 0.1) is 12.9 Å². The summed E-state index contributed by atoms with van der Waals surface area (Å²) >= 11 is 0.